The number of anilines is 3. The lowest BCUT2D eigenvalue weighted by Crippen LogP contribution is -2.11. The molecule has 1 heterocycles. The Morgan fingerprint density at radius 2 is 0.800 bits per heavy atom. The first-order chi connectivity index (χ1) is 29.7. The third kappa shape index (κ3) is 6.54. The predicted octanol–water partition coefficient (Wildman–Crippen LogP) is 17.0. The number of para-hydroxylation sites is 1. The van der Waals surface area contributed by atoms with Gasteiger partial charge in [0.05, 0.1) is 11.4 Å². The summed E-state index contributed by atoms with van der Waals surface area (Å²) >= 11 is 1.86. The average Bonchev–Trinajstić information content (AvgIpc) is 3.72. The second-order valence-corrected chi connectivity index (χ2v) is 16.4. The van der Waals surface area contributed by atoms with Crippen molar-refractivity contribution in [3.05, 3.63) is 237 Å². The van der Waals surface area contributed by atoms with Gasteiger partial charge in [-0.1, -0.05) is 188 Å². The van der Waals surface area contributed by atoms with Gasteiger partial charge in [0, 0.05) is 31.4 Å². The van der Waals surface area contributed by atoms with Crippen LogP contribution < -0.4 is 4.90 Å². The largest absolute Gasteiger partial charge is 0.309 e. The number of rotatable bonds is 8. The zero-order chi connectivity index (χ0) is 39.8. The van der Waals surface area contributed by atoms with E-state index in [9.17, 15) is 0 Å². The molecule has 10 aromatic carbocycles. The topological polar surface area (TPSA) is 3.24 Å². The summed E-state index contributed by atoms with van der Waals surface area (Å²) in [7, 11) is 0. The molecule has 0 saturated heterocycles. The maximum Gasteiger partial charge on any atom is 0.0555 e. The molecule has 0 aliphatic rings. The number of benzene rings is 10. The summed E-state index contributed by atoms with van der Waals surface area (Å²) in [5.74, 6) is 0. The predicted molar refractivity (Wildman–Crippen MR) is 259 cm³/mol. The molecule has 2 heteroatoms. The van der Waals surface area contributed by atoms with Crippen LogP contribution in [-0.4, -0.2) is 0 Å². The lowest BCUT2D eigenvalue weighted by atomic mass is 9.93. The molecule has 0 unspecified atom stereocenters. The van der Waals surface area contributed by atoms with E-state index < -0.39 is 0 Å². The Labute approximate surface area is 354 Å². The van der Waals surface area contributed by atoms with Crippen molar-refractivity contribution >= 4 is 59.3 Å². The van der Waals surface area contributed by atoms with Crippen molar-refractivity contribution in [3.8, 4) is 55.6 Å². The molecule has 0 aliphatic heterocycles. The van der Waals surface area contributed by atoms with Crippen molar-refractivity contribution in [2.45, 2.75) is 0 Å². The molecule has 1 nitrogen and oxygen atoms in total. The first kappa shape index (κ1) is 35.6. The van der Waals surface area contributed by atoms with E-state index >= 15 is 0 Å². The van der Waals surface area contributed by atoms with E-state index in [1.165, 1.54) is 86.6 Å². The van der Waals surface area contributed by atoms with E-state index in [0.717, 1.165) is 17.1 Å². The fraction of sp³-hybridized carbons (Fsp3) is 0. The molecular weight excluding hydrogens is 743 g/mol. The Morgan fingerprint density at radius 3 is 1.60 bits per heavy atom. The number of hydrogen-bond donors (Lipinski definition) is 0. The molecule has 0 radical (unpaired) electrons. The second-order valence-electron chi connectivity index (χ2n) is 15.3. The van der Waals surface area contributed by atoms with Crippen molar-refractivity contribution in [1.82, 2.24) is 0 Å². The van der Waals surface area contributed by atoms with Gasteiger partial charge in [0.1, 0.15) is 0 Å². The lowest BCUT2D eigenvalue weighted by molar-refractivity contribution is 1.30. The molecule has 0 amide bonds. The van der Waals surface area contributed by atoms with Gasteiger partial charge in [-0.15, -0.1) is 11.3 Å². The normalized spacial score (nSPS) is 11.3. The van der Waals surface area contributed by atoms with Crippen LogP contribution in [0.2, 0.25) is 0 Å². The van der Waals surface area contributed by atoms with Gasteiger partial charge in [-0.3, -0.25) is 0 Å². The number of fused-ring (bicyclic) bond motifs is 4. The van der Waals surface area contributed by atoms with Crippen molar-refractivity contribution < 1.29 is 0 Å². The fourth-order valence-electron chi connectivity index (χ4n) is 8.74. The van der Waals surface area contributed by atoms with E-state index in [0.29, 0.717) is 0 Å². The average molecular weight is 782 g/mol. The highest BCUT2D eigenvalue weighted by molar-refractivity contribution is 7.26. The maximum absolute atomic E-state index is 2.47. The third-order valence-electron chi connectivity index (χ3n) is 11.7. The van der Waals surface area contributed by atoms with Crippen molar-refractivity contribution in [1.29, 1.82) is 0 Å². The van der Waals surface area contributed by atoms with Crippen LogP contribution in [0.3, 0.4) is 0 Å². The summed E-state index contributed by atoms with van der Waals surface area (Å²) in [6.45, 7) is 0. The van der Waals surface area contributed by atoms with Crippen molar-refractivity contribution in [2.75, 3.05) is 4.90 Å². The molecule has 1 aromatic heterocycles. The number of thiophene rings is 1. The minimum absolute atomic E-state index is 1.10. The molecule has 282 valence electrons. The number of nitrogens with zero attached hydrogens (tertiary/aromatic N) is 1. The van der Waals surface area contributed by atoms with Gasteiger partial charge in [0.2, 0.25) is 0 Å². The highest BCUT2D eigenvalue weighted by atomic mass is 32.1. The quantitative estimate of drug-likeness (QED) is 0.148. The van der Waals surface area contributed by atoms with Crippen LogP contribution in [0.5, 0.6) is 0 Å². The van der Waals surface area contributed by atoms with Crippen LogP contribution in [0.15, 0.2) is 237 Å². The van der Waals surface area contributed by atoms with Crippen LogP contribution in [0.25, 0.3) is 86.6 Å². The molecule has 0 fully saturated rings. The molecular formula is C58H39NS. The van der Waals surface area contributed by atoms with Gasteiger partial charge in [-0.2, -0.15) is 0 Å². The Bertz CT molecular complexity index is 3310. The molecule has 0 atom stereocenters. The Balaban J connectivity index is 0.986. The van der Waals surface area contributed by atoms with E-state index in [1.807, 2.05) is 11.3 Å². The molecule has 11 aromatic rings. The van der Waals surface area contributed by atoms with Crippen molar-refractivity contribution in [3.63, 3.8) is 0 Å². The summed E-state index contributed by atoms with van der Waals surface area (Å²) in [6.07, 6.45) is 0. The lowest BCUT2D eigenvalue weighted by Gasteiger charge is -2.29. The first-order valence-electron chi connectivity index (χ1n) is 20.5. The van der Waals surface area contributed by atoms with E-state index in [4.69, 9.17) is 0 Å². The van der Waals surface area contributed by atoms with Crippen LogP contribution in [0.1, 0.15) is 0 Å². The standard InChI is InChI=1S/C58H39NS/c1-2-15-44(16-3-1)50-20-6-7-21-51(50)52-22-8-10-24-54(52)59(55-25-13-27-57-58(55)53-23-9-11-26-56(53)60-57)49-36-34-42(35-37-49)41-28-30-43(31-29-41)46-18-12-19-47(38-46)48-33-32-40-14-4-5-17-45(40)39-48/h1-39H. The summed E-state index contributed by atoms with van der Waals surface area (Å²) in [4.78, 5) is 2.47. The van der Waals surface area contributed by atoms with E-state index in [-0.39, 0.29) is 0 Å². The zero-order valence-corrected chi connectivity index (χ0v) is 33.7. The van der Waals surface area contributed by atoms with E-state index in [1.54, 1.807) is 0 Å². The van der Waals surface area contributed by atoms with Crippen LogP contribution in [-0.2, 0) is 0 Å². The molecule has 60 heavy (non-hydrogen) atoms. The SMILES string of the molecule is c1ccc(-c2ccccc2-c2ccccc2N(c2ccc(-c3ccc(-c4cccc(-c5ccc6ccccc6c5)c4)cc3)cc2)c2cccc3sc4ccccc4c23)cc1. The van der Waals surface area contributed by atoms with Crippen LogP contribution >= 0.6 is 11.3 Å². The minimum Gasteiger partial charge on any atom is -0.309 e. The summed E-state index contributed by atoms with van der Waals surface area (Å²) in [5, 5.41) is 5.07. The van der Waals surface area contributed by atoms with Gasteiger partial charge in [-0.05, 0) is 109 Å². The molecule has 0 saturated carbocycles. The molecule has 0 N–H and O–H groups in total. The minimum atomic E-state index is 1.10. The molecule has 0 bridgehead atoms. The van der Waals surface area contributed by atoms with Gasteiger partial charge in [-0.25, -0.2) is 0 Å². The van der Waals surface area contributed by atoms with Crippen LogP contribution in [0, 0.1) is 0 Å². The van der Waals surface area contributed by atoms with Gasteiger partial charge < -0.3 is 4.90 Å². The second kappa shape index (κ2) is 15.3. The number of hydrogen-bond acceptors (Lipinski definition) is 2. The third-order valence-corrected chi connectivity index (χ3v) is 12.8. The highest BCUT2D eigenvalue weighted by Gasteiger charge is 2.22. The Hall–Kier alpha value is -7.52. The summed E-state index contributed by atoms with van der Waals surface area (Å²) in [5.41, 5.74) is 15.4. The fourth-order valence-corrected chi connectivity index (χ4v) is 9.87. The molecule has 0 aliphatic carbocycles. The zero-order valence-electron chi connectivity index (χ0n) is 32.9. The Kier molecular flexibility index (Phi) is 9.11. The molecule has 11 rings (SSSR count). The maximum atomic E-state index is 2.47. The first-order valence-corrected chi connectivity index (χ1v) is 21.3. The van der Waals surface area contributed by atoms with Crippen LogP contribution in [0.4, 0.5) is 17.1 Å². The van der Waals surface area contributed by atoms with Gasteiger partial charge in [0.25, 0.3) is 0 Å². The molecule has 0 spiro atoms. The monoisotopic (exact) mass is 781 g/mol. The summed E-state index contributed by atoms with van der Waals surface area (Å²) < 4.78 is 2.57. The highest BCUT2D eigenvalue weighted by Crippen LogP contribution is 2.48. The van der Waals surface area contributed by atoms with Gasteiger partial charge in [0.15, 0.2) is 0 Å². The van der Waals surface area contributed by atoms with Crippen molar-refractivity contribution in [2.24, 2.45) is 0 Å². The van der Waals surface area contributed by atoms with E-state index in [2.05, 4.69) is 241 Å². The Morgan fingerprint density at radius 1 is 0.283 bits per heavy atom. The summed E-state index contributed by atoms with van der Waals surface area (Å²) in [6, 6.07) is 86.1. The van der Waals surface area contributed by atoms with Gasteiger partial charge >= 0.3 is 0 Å². The smallest absolute Gasteiger partial charge is 0.0555 e.